The maximum atomic E-state index is 11.5. The second-order valence-corrected chi connectivity index (χ2v) is 4.24. The van der Waals surface area contributed by atoms with E-state index in [2.05, 4.69) is 13.8 Å². The molecule has 88 valence electrons. The molecule has 0 saturated carbocycles. The van der Waals surface area contributed by atoms with Crippen molar-refractivity contribution >= 4 is 5.97 Å². The highest BCUT2D eigenvalue weighted by molar-refractivity contribution is 5.72. The molecule has 0 heterocycles. The smallest absolute Gasteiger partial charge is 0.310 e. The molecule has 0 unspecified atom stereocenters. The minimum Gasteiger partial charge on any atom is -0.465 e. The Morgan fingerprint density at radius 3 is 2.62 bits per heavy atom. The summed E-state index contributed by atoms with van der Waals surface area (Å²) in [5.41, 5.74) is 1.01. The number of rotatable bonds is 6. The fourth-order valence-electron chi connectivity index (χ4n) is 1.62. The highest BCUT2D eigenvalue weighted by atomic mass is 16.5. The van der Waals surface area contributed by atoms with Crippen molar-refractivity contribution in [2.45, 2.75) is 33.1 Å². The largest absolute Gasteiger partial charge is 0.465 e. The molecule has 0 radical (unpaired) electrons. The quantitative estimate of drug-likeness (QED) is 0.688. The van der Waals surface area contributed by atoms with Crippen LogP contribution in [0.25, 0.3) is 0 Å². The first-order valence-corrected chi connectivity index (χ1v) is 5.92. The lowest BCUT2D eigenvalue weighted by Gasteiger charge is -2.10. The molecule has 2 heteroatoms. The van der Waals surface area contributed by atoms with E-state index in [0.717, 1.165) is 18.4 Å². The van der Waals surface area contributed by atoms with Crippen LogP contribution in [0.3, 0.4) is 0 Å². The van der Waals surface area contributed by atoms with E-state index in [0.29, 0.717) is 18.9 Å². The van der Waals surface area contributed by atoms with Gasteiger partial charge in [-0.15, -0.1) is 0 Å². The van der Waals surface area contributed by atoms with Gasteiger partial charge >= 0.3 is 5.97 Å². The summed E-state index contributed by atoms with van der Waals surface area (Å²) < 4.78 is 5.22. The van der Waals surface area contributed by atoms with Gasteiger partial charge in [-0.3, -0.25) is 4.79 Å². The van der Waals surface area contributed by atoms with E-state index < -0.39 is 0 Å². The van der Waals surface area contributed by atoms with Crippen LogP contribution in [0.1, 0.15) is 32.3 Å². The van der Waals surface area contributed by atoms with Crippen molar-refractivity contribution in [1.82, 2.24) is 0 Å². The molecule has 0 amide bonds. The van der Waals surface area contributed by atoms with Crippen LogP contribution in [0, 0.1) is 5.92 Å². The maximum Gasteiger partial charge on any atom is 0.310 e. The average Bonchev–Trinajstić information content (AvgIpc) is 2.28. The standard InChI is InChI=1S/C14H20O2/c1-3-7-12(2)11-16-14(15)10-13-8-5-4-6-9-13/h4-6,8-9,12H,3,7,10-11H2,1-2H3/t12-/m1/s1. The molecule has 0 aromatic heterocycles. The lowest BCUT2D eigenvalue weighted by atomic mass is 10.1. The number of hydrogen-bond donors (Lipinski definition) is 0. The first-order valence-electron chi connectivity index (χ1n) is 5.92. The fourth-order valence-corrected chi connectivity index (χ4v) is 1.62. The van der Waals surface area contributed by atoms with Crippen molar-refractivity contribution < 1.29 is 9.53 Å². The second kappa shape index (κ2) is 7.04. The molecular formula is C14H20O2. The lowest BCUT2D eigenvalue weighted by Crippen LogP contribution is -2.13. The minimum atomic E-state index is -0.130. The van der Waals surface area contributed by atoms with E-state index in [4.69, 9.17) is 4.74 Å². The third-order valence-electron chi connectivity index (χ3n) is 2.50. The van der Waals surface area contributed by atoms with Crippen molar-refractivity contribution in [2.75, 3.05) is 6.61 Å². The highest BCUT2D eigenvalue weighted by Crippen LogP contribution is 2.06. The van der Waals surface area contributed by atoms with Crippen LogP contribution in [0.4, 0.5) is 0 Å². The van der Waals surface area contributed by atoms with Gasteiger partial charge < -0.3 is 4.74 Å². The molecular weight excluding hydrogens is 200 g/mol. The Kier molecular flexibility index (Phi) is 5.62. The second-order valence-electron chi connectivity index (χ2n) is 4.24. The van der Waals surface area contributed by atoms with E-state index in [1.54, 1.807) is 0 Å². The predicted octanol–water partition coefficient (Wildman–Crippen LogP) is 3.21. The Morgan fingerprint density at radius 1 is 1.31 bits per heavy atom. The number of benzene rings is 1. The number of carbonyl (C=O) groups excluding carboxylic acids is 1. The molecule has 0 aliphatic rings. The maximum absolute atomic E-state index is 11.5. The molecule has 0 N–H and O–H groups in total. The number of carbonyl (C=O) groups is 1. The van der Waals surface area contributed by atoms with E-state index in [1.807, 2.05) is 30.3 Å². The summed E-state index contributed by atoms with van der Waals surface area (Å²) in [6.45, 7) is 4.79. The summed E-state index contributed by atoms with van der Waals surface area (Å²) in [6, 6.07) is 9.69. The zero-order chi connectivity index (χ0) is 11.8. The van der Waals surface area contributed by atoms with Gasteiger partial charge in [0.2, 0.25) is 0 Å². The summed E-state index contributed by atoms with van der Waals surface area (Å²) in [4.78, 5) is 11.5. The molecule has 1 atom stereocenters. The Balaban J connectivity index is 2.26. The van der Waals surface area contributed by atoms with Crippen molar-refractivity contribution in [1.29, 1.82) is 0 Å². The van der Waals surface area contributed by atoms with Crippen molar-refractivity contribution in [3.8, 4) is 0 Å². The van der Waals surface area contributed by atoms with Gasteiger partial charge in [-0.05, 0) is 17.9 Å². The summed E-state index contributed by atoms with van der Waals surface area (Å²) in [6.07, 6.45) is 2.62. The predicted molar refractivity (Wildman–Crippen MR) is 65.2 cm³/mol. The van der Waals surface area contributed by atoms with Gasteiger partial charge in [0.05, 0.1) is 13.0 Å². The van der Waals surface area contributed by atoms with E-state index in [9.17, 15) is 4.79 Å². The SMILES string of the molecule is CCC[C@@H](C)COC(=O)Cc1ccccc1. The van der Waals surface area contributed by atoms with Crippen LogP contribution in [0.5, 0.6) is 0 Å². The Morgan fingerprint density at radius 2 is 2.00 bits per heavy atom. The van der Waals surface area contributed by atoms with Crippen molar-refractivity contribution in [2.24, 2.45) is 5.92 Å². The molecule has 2 nitrogen and oxygen atoms in total. The fraction of sp³-hybridized carbons (Fsp3) is 0.500. The Bertz CT molecular complexity index is 306. The summed E-state index contributed by atoms with van der Waals surface area (Å²) in [7, 11) is 0. The van der Waals surface area contributed by atoms with Gasteiger partial charge in [0, 0.05) is 0 Å². The van der Waals surface area contributed by atoms with Crippen molar-refractivity contribution in [3.63, 3.8) is 0 Å². The van der Waals surface area contributed by atoms with E-state index >= 15 is 0 Å². The molecule has 1 aromatic rings. The van der Waals surface area contributed by atoms with Gasteiger partial charge in [0.25, 0.3) is 0 Å². The zero-order valence-electron chi connectivity index (χ0n) is 10.1. The summed E-state index contributed by atoms with van der Waals surface area (Å²) in [5, 5.41) is 0. The third-order valence-corrected chi connectivity index (χ3v) is 2.50. The minimum absolute atomic E-state index is 0.130. The van der Waals surface area contributed by atoms with Crippen LogP contribution >= 0.6 is 0 Å². The van der Waals surface area contributed by atoms with Gasteiger partial charge in [-0.2, -0.15) is 0 Å². The summed E-state index contributed by atoms with van der Waals surface area (Å²) >= 11 is 0. The number of ether oxygens (including phenoxy) is 1. The van der Waals surface area contributed by atoms with Gasteiger partial charge in [0.15, 0.2) is 0 Å². The zero-order valence-corrected chi connectivity index (χ0v) is 10.1. The van der Waals surface area contributed by atoms with Crippen LogP contribution in [0.15, 0.2) is 30.3 Å². The molecule has 16 heavy (non-hydrogen) atoms. The molecule has 0 aliphatic heterocycles. The van der Waals surface area contributed by atoms with Gasteiger partial charge in [-0.1, -0.05) is 50.6 Å². The van der Waals surface area contributed by atoms with Crippen LogP contribution in [-0.4, -0.2) is 12.6 Å². The first-order chi connectivity index (χ1) is 7.72. The molecule has 0 aliphatic carbocycles. The summed E-state index contributed by atoms with van der Waals surface area (Å²) in [5.74, 6) is 0.332. The first kappa shape index (κ1) is 12.8. The molecule has 1 rings (SSSR count). The Labute approximate surface area is 97.6 Å². The highest BCUT2D eigenvalue weighted by Gasteiger charge is 2.07. The monoisotopic (exact) mass is 220 g/mol. The molecule has 0 bridgehead atoms. The molecule has 1 aromatic carbocycles. The lowest BCUT2D eigenvalue weighted by molar-refractivity contribution is -0.144. The van der Waals surface area contributed by atoms with Crippen LogP contribution in [0.2, 0.25) is 0 Å². The molecule has 0 spiro atoms. The number of hydrogen-bond acceptors (Lipinski definition) is 2. The molecule has 0 saturated heterocycles. The van der Waals surface area contributed by atoms with Gasteiger partial charge in [-0.25, -0.2) is 0 Å². The van der Waals surface area contributed by atoms with Crippen molar-refractivity contribution in [3.05, 3.63) is 35.9 Å². The normalized spacial score (nSPS) is 12.1. The van der Waals surface area contributed by atoms with Gasteiger partial charge in [0.1, 0.15) is 0 Å². The van der Waals surface area contributed by atoms with E-state index in [-0.39, 0.29) is 5.97 Å². The number of esters is 1. The van der Waals surface area contributed by atoms with Crippen LogP contribution in [-0.2, 0) is 16.0 Å². The average molecular weight is 220 g/mol. The third kappa shape index (κ3) is 4.96. The Hall–Kier alpha value is -1.31. The molecule has 0 fully saturated rings. The van der Waals surface area contributed by atoms with E-state index in [1.165, 1.54) is 0 Å². The van der Waals surface area contributed by atoms with Crippen LogP contribution < -0.4 is 0 Å². The topological polar surface area (TPSA) is 26.3 Å².